The molecule has 1 aliphatic rings. The smallest absolute Gasteiger partial charge is 0.185 e. The van der Waals surface area contributed by atoms with Crippen molar-refractivity contribution in [2.45, 2.75) is 19.3 Å². The molecule has 0 bridgehead atoms. The average Bonchev–Trinajstić information content (AvgIpc) is 2.66. The van der Waals surface area contributed by atoms with Gasteiger partial charge in [-0.25, -0.2) is 0 Å². The number of hydrogen-bond acceptors (Lipinski definition) is 3. The van der Waals surface area contributed by atoms with Gasteiger partial charge in [-0.3, -0.25) is 4.79 Å². The van der Waals surface area contributed by atoms with E-state index in [-0.39, 0.29) is 5.78 Å². The van der Waals surface area contributed by atoms with E-state index in [9.17, 15) is 4.79 Å². The van der Waals surface area contributed by atoms with Crippen molar-refractivity contribution in [3.05, 3.63) is 81.9 Å². The van der Waals surface area contributed by atoms with Crippen LogP contribution in [0.15, 0.2) is 59.7 Å². The summed E-state index contributed by atoms with van der Waals surface area (Å²) in [6.07, 6.45) is 6.30. The number of nitrogens with zero attached hydrogens (tertiary/aromatic N) is 2. The molecule has 0 radical (unpaired) electrons. The molecule has 0 unspecified atom stereocenters. The molecule has 1 aliphatic carbocycles. The van der Waals surface area contributed by atoms with E-state index in [0.29, 0.717) is 11.1 Å². The Labute approximate surface area is 147 Å². The van der Waals surface area contributed by atoms with Crippen LogP contribution in [0.4, 0.5) is 0 Å². The summed E-state index contributed by atoms with van der Waals surface area (Å²) in [6.45, 7) is 0. The molecule has 1 saturated carbocycles. The van der Waals surface area contributed by atoms with Gasteiger partial charge in [0, 0.05) is 11.1 Å². The van der Waals surface area contributed by atoms with Crippen LogP contribution in [0, 0.1) is 22.7 Å². The number of carbonyl (C=O) groups excluding carboxylic acids is 1. The molecule has 0 N–H and O–H groups in total. The lowest BCUT2D eigenvalue weighted by Crippen LogP contribution is -2.12. The van der Waals surface area contributed by atoms with E-state index in [1.165, 1.54) is 0 Å². The lowest BCUT2D eigenvalue weighted by molar-refractivity contribution is -0.112. The van der Waals surface area contributed by atoms with Gasteiger partial charge in [-0.2, -0.15) is 10.5 Å². The summed E-state index contributed by atoms with van der Waals surface area (Å²) in [5.74, 6) is 0.0833. The first kappa shape index (κ1) is 16.4. The molecule has 25 heavy (non-hydrogen) atoms. The highest BCUT2D eigenvalue weighted by molar-refractivity contribution is 6.13. The number of benzene rings is 2. The van der Waals surface area contributed by atoms with Crippen molar-refractivity contribution in [2.24, 2.45) is 0 Å². The molecule has 2 aromatic rings. The summed E-state index contributed by atoms with van der Waals surface area (Å²) in [5.41, 5.74) is 4.69. The molecule has 3 heteroatoms. The Morgan fingerprint density at radius 3 is 1.48 bits per heavy atom. The predicted octanol–water partition coefficient (Wildman–Crippen LogP) is 4.65. The molecular formula is C22H16N2O. The predicted molar refractivity (Wildman–Crippen MR) is 97.1 cm³/mol. The normalized spacial score (nSPS) is 17.3. The number of hydrogen-bond donors (Lipinski definition) is 0. The van der Waals surface area contributed by atoms with E-state index in [2.05, 4.69) is 12.1 Å². The topological polar surface area (TPSA) is 64.7 Å². The summed E-state index contributed by atoms with van der Waals surface area (Å²) in [6, 6.07) is 18.6. The summed E-state index contributed by atoms with van der Waals surface area (Å²) in [7, 11) is 0. The zero-order chi connectivity index (χ0) is 17.6. The third kappa shape index (κ3) is 3.91. The summed E-state index contributed by atoms with van der Waals surface area (Å²) < 4.78 is 0. The van der Waals surface area contributed by atoms with Crippen molar-refractivity contribution in [2.75, 3.05) is 0 Å². The zero-order valence-corrected chi connectivity index (χ0v) is 13.7. The van der Waals surface area contributed by atoms with Crippen molar-refractivity contribution < 1.29 is 4.79 Å². The van der Waals surface area contributed by atoms with Gasteiger partial charge in [0.15, 0.2) is 5.78 Å². The van der Waals surface area contributed by atoms with Crippen LogP contribution in [0.5, 0.6) is 0 Å². The van der Waals surface area contributed by atoms with Crippen molar-refractivity contribution in [1.82, 2.24) is 0 Å². The van der Waals surface area contributed by atoms with Crippen LogP contribution in [0.2, 0.25) is 0 Å². The number of ketones is 1. The SMILES string of the molecule is N#Cc1ccc(/C=C2/CCC/C(=C\c3ccc(C#N)cc3)C2=O)cc1. The summed E-state index contributed by atoms with van der Waals surface area (Å²) >= 11 is 0. The number of nitriles is 2. The number of carbonyl (C=O) groups is 1. The third-order valence-corrected chi connectivity index (χ3v) is 4.24. The Bertz CT molecular complexity index is 856. The van der Waals surface area contributed by atoms with Gasteiger partial charge < -0.3 is 0 Å². The van der Waals surface area contributed by atoms with Gasteiger partial charge in [-0.05, 0) is 66.8 Å². The highest BCUT2D eigenvalue weighted by atomic mass is 16.1. The van der Waals surface area contributed by atoms with Crippen LogP contribution < -0.4 is 0 Å². The molecule has 3 rings (SSSR count). The maximum Gasteiger partial charge on any atom is 0.185 e. The molecule has 0 heterocycles. The second-order valence-corrected chi connectivity index (χ2v) is 5.99. The Morgan fingerprint density at radius 2 is 1.12 bits per heavy atom. The fourth-order valence-electron chi connectivity index (χ4n) is 2.89. The fourth-order valence-corrected chi connectivity index (χ4v) is 2.89. The second kappa shape index (κ2) is 7.43. The minimum Gasteiger partial charge on any atom is -0.289 e. The molecule has 0 aliphatic heterocycles. The third-order valence-electron chi connectivity index (χ3n) is 4.24. The van der Waals surface area contributed by atoms with Crippen molar-refractivity contribution in [3.63, 3.8) is 0 Å². The minimum atomic E-state index is 0.0833. The molecule has 120 valence electrons. The van der Waals surface area contributed by atoms with Crippen molar-refractivity contribution in [1.29, 1.82) is 10.5 Å². The van der Waals surface area contributed by atoms with Gasteiger partial charge in [-0.15, -0.1) is 0 Å². The number of allylic oxidation sites excluding steroid dienone is 2. The Balaban J connectivity index is 1.84. The van der Waals surface area contributed by atoms with Crippen LogP contribution in [0.1, 0.15) is 41.5 Å². The summed E-state index contributed by atoms with van der Waals surface area (Å²) in [5, 5.41) is 17.7. The standard InChI is InChI=1S/C22H16N2O/c23-14-18-8-4-16(5-9-18)12-20-2-1-3-21(22(20)25)13-17-6-10-19(15-24)11-7-17/h4-13H,1-3H2/b20-12-,21-13+. The highest BCUT2D eigenvalue weighted by Crippen LogP contribution is 2.28. The molecule has 2 aromatic carbocycles. The first-order valence-corrected chi connectivity index (χ1v) is 8.16. The highest BCUT2D eigenvalue weighted by Gasteiger charge is 2.20. The molecule has 0 atom stereocenters. The molecule has 0 saturated heterocycles. The number of Topliss-reactive ketones (excluding diaryl/α,β-unsaturated/α-hetero) is 1. The van der Waals surface area contributed by atoms with Gasteiger partial charge in [0.25, 0.3) is 0 Å². The monoisotopic (exact) mass is 324 g/mol. The molecule has 0 aromatic heterocycles. The minimum absolute atomic E-state index is 0.0833. The Kier molecular flexibility index (Phi) is 4.88. The van der Waals surface area contributed by atoms with Gasteiger partial charge in [-0.1, -0.05) is 24.3 Å². The molecule has 0 spiro atoms. The second-order valence-electron chi connectivity index (χ2n) is 5.99. The van der Waals surface area contributed by atoms with E-state index < -0.39 is 0 Å². The number of rotatable bonds is 2. The first-order valence-electron chi connectivity index (χ1n) is 8.16. The fraction of sp³-hybridized carbons (Fsp3) is 0.136. The first-order chi connectivity index (χ1) is 12.2. The summed E-state index contributed by atoms with van der Waals surface area (Å²) in [4.78, 5) is 12.7. The van der Waals surface area contributed by atoms with Crippen LogP contribution in [0.25, 0.3) is 12.2 Å². The van der Waals surface area contributed by atoms with E-state index in [0.717, 1.165) is 41.5 Å². The van der Waals surface area contributed by atoms with E-state index in [1.54, 1.807) is 24.3 Å². The van der Waals surface area contributed by atoms with E-state index >= 15 is 0 Å². The Morgan fingerprint density at radius 1 is 0.720 bits per heavy atom. The molecule has 0 amide bonds. The maximum absolute atomic E-state index is 12.7. The average molecular weight is 324 g/mol. The van der Waals surface area contributed by atoms with Gasteiger partial charge in [0.05, 0.1) is 23.3 Å². The lowest BCUT2D eigenvalue weighted by Gasteiger charge is -2.16. The van der Waals surface area contributed by atoms with Gasteiger partial charge in [0.2, 0.25) is 0 Å². The quantitative estimate of drug-likeness (QED) is 0.755. The molecule has 3 nitrogen and oxygen atoms in total. The van der Waals surface area contributed by atoms with Crippen LogP contribution >= 0.6 is 0 Å². The van der Waals surface area contributed by atoms with Crippen LogP contribution in [0.3, 0.4) is 0 Å². The molecule has 1 fully saturated rings. The van der Waals surface area contributed by atoms with Crippen molar-refractivity contribution >= 4 is 17.9 Å². The largest absolute Gasteiger partial charge is 0.289 e. The van der Waals surface area contributed by atoms with E-state index in [1.807, 2.05) is 36.4 Å². The lowest BCUT2D eigenvalue weighted by atomic mass is 9.86. The van der Waals surface area contributed by atoms with Crippen LogP contribution in [-0.4, -0.2) is 5.78 Å². The molecular weight excluding hydrogens is 308 g/mol. The van der Waals surface area contributed by atoms with E-state index in [4.69, 9.17) is 10.5 Å². The Hall–Kier alpha value is -3.43. The maximum atomic E-state index is 12.7. The van der Waals surface area contributed by atoms with Gasteiger partial charge >= 0.3 is 0 Å². The van der Waals surface area contributed by atoms with Crippen molar-refractivity contribution in [3.8, 4) is 12.1 Å². The van der Waals surface area contributed by atoms with Crippen LogP contribution in [-0.2, 0) is 4.79 Å². The zero-order valence-electron chi connectivity index (χ0n) is 13.7. The van der Waals surface area contributed by atoms with Gasteiger partial charge in [0.1, 0.15) is 0 Å².